The molecule has 0 unspecified atom stereocenters. The molecule has 3 aromatic rings. The molecule has 6 nitrogen and oxygen atoms in total. The number of aromatic amines is 2. The Bertz CT molecular complexity index is 1280. The maximum atomic E-state index is 12.4. The first-order valence-corrected chi connectivity index (χ1v) is 10.4. The highest BCUT2D eigenvalue weighted by Gasteiger charge is 1.99. The standard InChI is InChI=1S/C23H22N4O2S/c1-27(2)11-12-30-19-9-7-17(8-10-19)14-21-23(29)25-20(22(28)26-21)13-16-3-5-18(15-24)6-4-16/h3-10,13-14H,11-12H2,1-2H3,(H,25,29)(H,26,28). The molecule has 0 fully saturated rings. The first kappa shape index (κ1) is 21.4. The van der Waals surface area contributed by atoms with E-state index < -0.39 is 0 Å². The van der Waals surface area contributed by atoms with Crippen molar-refractivity contribution in [3.8, 4) is 6.07 Å². The summed E-state index contributed by atoms with van der Waals surface area (Å²) in [6.45, 7) is 1.00. The topological polar surface area (TPSA) is 92.8 Å². The van der Waals surface area contributed by atoms with E-state index in [9.17, 15) is 9.59 Å². The van der Waals surface area contributed by atoms with Gasteiger partial charge in [-0.2, -0.15) is 5.26 Å². The van der Waals surface area contributed by atoms with E-state index in [4.69, 9.17) is 5.26 Å². The van der Waals surface area contributed by atoms with E-state index in [-0.39, 0.29) is 21.8 Å². The highest BCUT2D eigenvalue weighted by Crippen LogP contribution is 2.18. The fourth-order valence-corrected chi connectivity index (χ4v) is 3.71. The first-order chi connectivity index (χ1) is 14.4. The van der Waals surface area contributed by atoms with Gasteiger partial charge in [0.2, 0.25) is 0 Å². The highest BCUT2D eigenvalue weighted by atomic mass is 32.2. The SMILES string of the molecule is CN(C)CCSc1ccc(C=c2[nH]c(=O)c(=Cc3ccc(C#N)cc3)[nH]c2=O)cc1. The number of nitrogens with one attached hydrogen (secondary N) is 2. The Kier molecular flexibility index (Phi) is 7.07. The van der Waals surface area contributed by atoms with Crippen LogP contribution in [0.2, 0.25) is 0 Å². The summed E-state index contributed by atoms with van der Waals surface area (Å²) in [7, 11) is 4.09. The van der Waals surface area contributed by atoms with Crippen LogP contribution in [0.25, 0.3) is 12.2 Å². The number of nitriles is 1. The fourth-order valence-electron chi connectivity index (χ4n) is 2.69. The predicted molar refractivity (Wildman–Crippen MR) is 121 cm³/mol. The number of thioether (sulfide) groups is 1. The number of hydrogen-bond acceptors (Lipinski definition) is 5. The Labute approximate surface area is 178 Å². The lowest BCUT2D eigenvalue weighted by Gasteiger charge is -2.08. The van der Waals surface area contributed by atoms with Gasteiger partial charge in [0, 0.05) is 17.2 Å². The van der Waals surface area contributed by atoms with E-state index in [0.717, 1.165) is 22.8 Å². The Morgan fingerprint density at radius 3 is 1.87 bits per heavy atom. The number of aromatic nitrogens is 2. The largest absolute Gasteiger partial charge is 0.316 e. The van der Waals surface area contributed by atoms with Crippen molar-refractivity contribution in [3.05, 3.63) is 96.6 Å². The minimum Gasteiger partial charge on any atom is -0.316 e. The number of benzene rings is 2. The van der Waals surface area contributed by atoms with Crippen molar-refractivity contribution in [2.24, 2.45) is 0 Å². The van der Waals surface area contributed by atoms with Gasteiger partial charge in [0.25, 0.3) is 11.1 Å². The Morgan fingerprint density at radius 2 is 1.40 bits per heavy atom. The second-order valence-corrected chi connectivity index (χ2v) is 8.15. The van der Waals surface area contributed by atoms with Crippen molar-refractivity contribution >= 4 is 23.9 Å². The molecule has 0 bridgehead atoms. The normalized spacial score (nSPS) is 12.3. The van der Waals surface area contributed by atoms with Crippen molar-refractivity contribution in [1.29, 1.82) is 5.26 Å². The smallest absolute Gasteiger partial charge is 0.272 e. The molecule has 0 saturated heterocycles. The number of rotatable bonds is 6. The van der Waals surface area contributed by atoms with Crippen LogP contribution in [0.15, 0.2) is 63.0 Å². The van der Waals surface area contributed by atoms with E-state index in [1.165, 1.54) is 0 Å². The van der Waals surface area contributed by atoms with Crippen LogP contribution in [0.3, 0.4) is 0 Å². The minimum absolute atomic E-state index is 0.162. The average Bonchev–Trinajstić information content (AvgIpc) is 2.73. The van der Waals surface area contributed by atoms with Crippen molar-refractivity contribution in [1.82, 2.24) is 14.9 Å². The predicted octanol–water partition coefficient (Wildman–Crippen LogP) is 1.25. The molecule has 0 atom stereocenters. The number of H-pyrrole nitrogens is 2. The van der Waals surface area contributed by atoms with Gasteiger partial charge in [-0.15, -0.1) is 11.8 Å². The summed E-state index contributed by atoms with van der Waals surface area (Å²) in [5.41, 5.74) is 1.31. The second kappa shape index (κ2) is 9.92. The van der Waals surface area contributed by atoms with E-state index in [2.05, 4.69) is 14.9 Å². The van der Waals surface area contributed by atoms with Crippen LogP contribution in [0.4, 0.5) is 0 Å². The number of hydrogen-bond donors (Lipinski definition) is 2. The van der Waals surface area contributed by atoms with Gasteiger partial charge in [0.1, 0.15) is 10.7 Å². The van der Waals surface area contributed by atoms with Crippen LogP contribution in [0, 0.1) is 11.3 Å². The molecule has 1 heterocycles. The quantitative estimate of drug-likeness (QED) is 0.588. The molecule has 30 heavy (non-hydrogen) atoms. The number of nitrogens with zero attached hydrogens (tertiary/aromatic N) is 2. The molecule has 0 aliphatic carbocycles. The van der Waals surface area contributed by atoms with Crippen LogP contribution in [-0.2, 0) is 0 Å². The molecule has 0 spiro atoms. The third-order valence-electron chi connectivity index (χ3n) is 4.33. The maximum Gasteiger partial charge on any atom is 0.272 e. The molecule has 0 amide bonds. The van der Waals surface area contributed by atoms with Crippen LogP contribution in [0.1, 0.15) is 16.7 Å². The van der Waals surface area contributed by atoms with Crippen LogP contribution in [0.5, 0.6) is 0 Å². The van der Waals surface area contributed by atoms with Crippen LogP contribution >= 0.6 is 11.8 Å². The molecular formula is C23H22N4O2S. The third-order valence-corrected chi connectivity index (χ3v) is 5.33. The summed E-state index contributed by atoms with van der Waals surface area (Å²) in [4.78, 5) is 33.4. The van der Waals surface area contributed by atoms with E-state index in [0.29, 0.717) is 11.1 Å². The van der Waals surface area contributed by atoms with E-state index in [1.54, 1.807) is 48.2 Å². The van der Waals surface area contributed by atoms with Gasteiger partial charge in [-0.3, -0.25) is 9.59 Å². The zero-order valence-electron chi connectivity index (χ0n) is 16.8. The van der Waals surface area contributed by atoms with E-state index >= 15 is 0 Å². The zero-order valence-corrected chi connectivity index (χ0v) is 17.6. The molecule has 2 aromatic carbocycles. The maximum absolute atomic E-state index is 12.4. The molecular weight excluding hydrogens is 396 g/mol. The van der Waals surface area contributed by atoms with Crippen molar-refractivity contribution in [3.63, 3.8) is 0 Å². The summed E-state index contributed by atoms with van der Waals surface area (Å²) in [6, 6.07) is 16.6. The minimum atomic E-state index is -0.388. The summed E-state index contributed by atoms with van der Waals surface area (Å²) in [5, 5.41) is 9.22. The third kappa shape index (κ3) is 5.83. The van der Waals surface area contributed by atoms with Gasteiger partial charge in [0.15, 0.2) is 0 Å². The molecule has 0 aliphatic heterocycles. The Balaban J connectivity index is 1.85. The highest BCUT2D eigenvalue weighted by molar-refractivity contribution is 7.99. The molecule has 2 N–H and O–H groups in total. The molecule has 7 heteroatoms. The molecule has 1 aromatic heterocycles. The monoisotopic (exact) mass is 418 g/mol. The lowest BCUT2D eigenvalue weighted by atomic mass is 10.1. The summed E-state index contributed by atoms with van der Waals surface area (Å²) in [6.07, 6.45) is 3.23. The van der Waals surface area contributed by atoms with Gasteiger partial charge < -0.3 is 14.9 Å². The van der Waals surface area contributed by atoms with Crippen LogP contribution in [-0.4, -0.2) is 41.3 Å². The lowest BCUT2D eigenvalue weighted by Crippen LogP contribution is -2.46. The zero-order chi connectivity index (χ0) is 21.5. The van der Waals surface area contributed by atoms with Crippen molar-refractivity contribution < 1.29 is 0 Å². The summed E-state index contributed by atoms with van der Waals surface area (Å²) < 4.78 is 0. The molecule has 0 saturated carbocycles. The summed E-state index contributed by atoms with van der Waals surface area (Å²) >= 11 is 1.77. The van der Waals surface area contributed by atoms with Crippen molar-refractivity contribution in [2.75, 3.05) is 26.4 Å². The van der Waals surface area contributed by atoms with Crippen molar-refractivity contribution in [2.45, 2.75) is 4.90 Å². The second-order valence-electron chi connectivity index (χ2n) is 6.98. The Hall–Kier alpha value is -3.34. The first-order valence-electron chi connectivity index (χ1n) is 9.38. The van der Waals surface area contributed by atoms with E-state index in [1.807, 2.05) is 44.4 Å². The van der Waals surface area contributed by atoms with Gasteiger partial charge in [-0.1, -0.05) is 24.3 Å². The molecule has 0 aliphatic rings. The lowest BCUT2D eigenvalue weighted by molar-refractivity contribution is 0.437. The van der Waals surface area contributed by atoms with Crippen LogP contribution < -0.4 is 21.8 Å². The summed E-state index contributed by atoms with van der Waals surface area (Å²) in [5.74, 6) is 1.00. The van der Waals surface area contributed by atoms with Gasteiger partial charge >= 0.3 is 0 Å². The molecule has 0 radical (unpaired) electrons. The average molecular weight is 419 g/mol. The van der Waals surface area contributed by atoms with Gasteiger partial charge in [-0.05, 0) is 61.6 Å². The van der Waals surface area contributed by atoms with Gasteiger partial charge in [-0.25, -0.2) is 0 Å². The molecule has 152 valence electrons. The fraction of sp³-hybridized carbons (Fsp3) is 0.174. The van der Waals surface area contributed by atoms with Gasteiger partial charge in [0.05, 0.1) is 11.6 Å². The molecule has 3 rings (SSSR count). The Morgan fingerprint density at radius 1 is 0.900 bits per heavy atom.